The minimum Gasteiger partial charge on any atom is -0.478 e. The van der Waals surface area contributed by atoms with Gasteiger partial charge in [0.1, 0.15) is 5.69 Å². The van der Waals surface area contributed by atoms with E-state index in [4.69, 9.17) is 5.11 Å². The van der Waals surface area contributed by atoms with Crippen LogP contribution in [0.25, 0.3) is 0 Å². The number of nitrogens with one attached hydrogen (secondary N) is 1. The third-order valence-corrected chi connectivity index (χ3v) is 2.51. The highest BCUT2D eigenvalue weighted by Crippen LogP contribution is 2.25. The first kappa shape index (κ1) is 13.5. The third kappa shape index (κ3) is 3.07. The van der Waals surface area contributed by atoms with Crippen molar-refractivity contribution < 1.29 is 19.3 Å². The Balaban J connectivity index is 2.13. The van der Waals surface area contributed by atoms with Crippen LogP contribution in [0.1, 0.15) is 16.2 Å². The Labute approximate surface area is 112 Å². The van der Waals surface area contributed by atoms with Crippen molar-refractivity contribution in [2.45, 2.75) is 6.42 Å². The number of hydrogen-bond acceptors (Lipinski definition) is 7. The van der Waals surface area contributed by atoms with Crippen LogP contribution in [0.4, 0.5) is 11.4 Å². The summed E-state index contributed by atoms with van der Waals surface area (Å²) in [4.78, 5) is 25.0. The smallest absolute Gasteiger partial charge is 0.335 e. The lowest BCUT2D eigenvalue weighted by molar-refractivity contribution is -0.384. The second-order valence-corrected chi connectivity index (χ2v) is 3.82. The fourth-order valence-electron chi connectivity index (χ4n) is 1.58. The summed E-state index contributed by atoms with van der Waals surface area (Å²) in [6, 6.07) is 3.56. The highest BCUT2D eigenvalue weighted by Gasteiger charge is 2.16. The maximum atomic E-state index is 10.9. The predicted octanol–water partition coefficient (Wildman–Crippen LogP) is 1.33. The highest BCUT2D eigenvalue weighted by molar-refractivity contribution is 5.90. The quantitative estimate of drug-likeness (QED) is 0.597. The molecule has 0 saturated heterocycles. The van der Waals surface area contributed by atoms with E-state index in [1.165, 1.54) is 18.5 Å². The molecule has 0 atom stereocenters. The van der Waals surface area contributed by atoms with E-state index in [-0.39, 0.29) is 16.9 Å². The fraction of sp³-hybridized carbons (Fsp3) is 0.182. The third-order valence-electron chi connectivity index (χ3n) is 2.51. The molecule has 0 unspecified atom stereocenters. The molecule has 0 saturated carbocycles. The summed E-state index contributed by atoms with van der Waals surface area (Å²) in [6.45, 7) is 0.309. The predicted molar refractivity (Wildman–Crippen MR) is 66.5 cm³/mol. The summed E-state index contributed by atoms with van der Waals surface area (Å²) in [7, 11) is 0. The maximum Gasteiger partial charge on any atom is 0.335 e. The van der Waals surface area contributed by atoms with Gasteiger partial charge in [-0.1, -0.05) is 5.16 Å². The number of rotatable bonds is 6. The topological polar surface area (TPSA) is 131 Å². The van der Waals surface area contributed by atoms with Gasteiger partial charge in [0.05, 0.1) is 10.5 Å². The molecule has 20 heavy (non-hydrogen) atoms. The van der Waals surface area contributed by atoms with Crippen molar-refractivity contribution in [3.8, 4) is 0 Å². The van der Waals surface area contributed by atoms with Crippen LogP contribution < -0.4 is 5.32 Å². The number of anilines is 1. The van der Waals surface area contributed by atoms with E-state index < -0.39 is 10.9 Å². The first-order valence-electron chi connectivity index (χ1n) is 5.59. The van der Waals surface area contributed by atoms with Crippen LogP contribution in [0.5, 0.6) is 0 Å². The lowest BCUT2D eigenvalue weighted by atomic mass is 10.1. The highest BCUT2D eigenvalue weighted by atomic mass is 16.6. The van der Waals surface area contributed by atoms with Gasteiger partial charge in [-0.05, 0) is 12.1 Å². The molecule has 1 heterocycles. The molecule has 0 fully saturated rings. The van der Waals surface area contributed by atoms with Crippen LogP contribution in [0.15, 0.2) is 29.1 Å². The molecule has 1 aromatic carbocycles. The molecule has 2 rings (SSSR count). The molecule has 2 aromatic rings. The number of carboxylic acids is 1. The summed E-state index contributed by atoms with van der Waals surface area (Å²) in [5.41, 5.74) is -0.0841. The van der Waals surface area contributed by atoms with Gasteiger partial charge < -0.3 is 14.9 Å². The second kappa shape index (κ2) is 5.78. The van der Waals surface area contributed by atoms with Gasteiger partial charge in [-0.25, -0.2) is 4.79 Å². The van der Waals surface area contributed by atoms with E-state index in [2.05, 4.69) is 20.0 Å². The van der Waals surface area contributed by atoms with Crippen LogP contribution in [-0.4, -0.2) is 32.7 Å². The number of hydrogen-bond donors (Lipinski definition) is 2. The molecule has 1 aromatic heterocycles. The Kier molecular flexibility index (Phi) is 3.89. The monoisotopic (exact) mass is 278 g/mol. The van der Waals surface area contributed by atoms with E-state index in [0.29, 0.717) is 18.8 Å². The normalized spacial score (nSPS) is 10.2. The zero-order valence-corrected chi connectivity index (χ0v) is 10.1. The van der Waals surface area contributed by atoms with Gasteiger partial charge in [-0.3, -0.25) is 10.1 Å². The number of carbonyl (C=O) groups is 1. The number of nitrogens with zero attached hydrogens (tertiary/aromatic N) is 3. The van der Waals surface area contributed by atoms with Gasteiger partial charge in [0.25, 0.3) is 5.69 Å². The fourth-order valence-corrected chi connectivity index (χ4v) is 1.58. The van der Waals surface area contributed by atoms with Gasteiger partial charge in [0, 0.05) is 19.0 Å². The van der Waals surface area contributed by atoms with E-state index in [0.717, 1.165) is 6.07 Å². The van der Waals surface area contributed by atoms with Crippen molar-refractivity contribution >= 4 is 17.3 Å². The summed E-state index contributed by atoms with van der Waals surface area (Å²) >= 11 is 0. The first-order chi connectivity index (χ1) is 9.58. The van der Waals surface area contributed by atoms with E-state index in [9.17, 15) is 14.9 Å². The average molecular weight is 278 g/mol. The van der Waals surface area contributed by atoms with Crippen molar-refractivity contribution in [2.24, 2.45) is 0 Å². The van der Waals surface area contributed by atoms with Crippen molar-refractivity contribution in [2.75, 3.05) is 11.9 Å². The lowest BCUT2D eigenvalue weighted by Crippen LogP contribution is -2.09. The molecule has 0 spiro atoms. The van der Waals surface area contributed by atoms with Gasteiger partial charge in [-0.2, -0.15) is 4.98 Å². The standard InChI is InChI=1S/C11H10N4O5/c16-11(17)7-1-2-9(15(18)19)8(5-7)12-4-3-10-13-6-20-14-10/h1-2,5-6,12H,3-4H2,(H,16,17). The first-order valence-corrected chi connectivity index (χ1v) is 5.59. The van der Waals surface area contributed by atoms with Crippen molar-refractivity contribution in [1.29, 1.82) is 0 Å². The Morgan fingerprint density at radius 3 is 2.90 bits per heavy atom. The summed E-state index contributed by atoms with van der Waals surface area (Å²) in [6.07, 6.45) is 1.58. The number of carboxylic acid groups (broad SMARTS) is 1. The number of aromatic carboxylic acids is 1. The number of nitro benzene ring substituents is 1. The maximum absolute atomic E-state index is 10.9. The summed E-state index contributed by atoms with van der Waals surface area (Å²) in [5.74, 6) is -0.698. The minimum absolute atomic E-state index is 0.0299. The molecule has 0 amide bonds. The number of benzene rings is 1. The zero-order chi connectivity index (χ0) is 14.5. The zero-order valence-electron chi connectivity index (χ0n) is 10.1. The van der Waals surface area contributed by atoms with Crippen molar-refractivity contribution in [3.05, 3.63) is 46.1 Å². The van der Waals surface area contributed by atoms with E-state index >= 15 is 0 Å². The molecular formula is C11H10N4O5. The molecule has 0 aliphatic rings. The molecule has 2 N–H and O–H groups in total. The molecule has 0 aliphatic heterocycles. The summed E-state index contributed by atoms with van der Waals surface area (Å²) < 4.78 is 4.55. The Morgan fingerprint density at radius 1 is 1.50 bits per heavy atom. The van der Waals surface area contributed by atoms with Crippen molar-refractivity contribution in [1.82, 2.24) is 10.1 Å². The van der Waals surface area contributed by atoms with Gasteiger partial charge >= 0.3 is 5.97 Å². The van der Waals surface area contributed by atoms with Crippen LogP contribution in [0, 0.1) is 10.1 Å². The van der Waals surface area contributed by atoms with Gasteiger partial charge in [0.2, 0.25) is 6.39 Å². The van der Waals surface area contributed by atoms with E-state index in [1.807, 2.05) is 0 Å². The van der Waals surface area contributed by atoms with Crippen LogP contribution >= 0.6 is 0 Å². The Morgan fingerprint density at radius 2 is 2.30 bits per heavy atom. The number of aromatic nitrogens is 2. The Hall–Kier alpha value is -2.97. The molecule has 9 nitrogen and oxygen atoms in total. The molecular weight excluding hydrogens is 268 g/mol. The van der Waals surface area contributed by atoms with Crippen LogP contribution in [0.3, 0.4) is 0 Å². The van der Waals surface area contributed by atoms with Gasteiger partial charge in [0.15, 0.2) is 5.82 Å². The molecule has 104 valence electrons. The largest absolute Gasteiger partial charge is 0.478 e. The minimum atomic E-state index is -1.15. The SMILES string of the molecule is O=C(O)c1ccc([N+](=O)[O-])c(NCCc2ncon2)c1. The van der Waals surface area contributed by atoms with E-state index in [1.54, 1.807) is 0 Å². The number of nitro groups is 1. The van der Waals surface area contributed by atoms with Crippen molar-refractivity contribution in [3.63, 3.8) is 0 Å². The molecule has 0 bridgehead atoms. The molecule has 0 radical (unpaired) electrons. The second-order valence-electron chi connectivity index (χ2n) is 3.82. The average Bonchev–Trinajstić information content (AvgIpc) is 2.91. The summed E-state index contributed by atoms with van der Waals surface area (Å²) in [5, 5.41) is 26.2. The van der Waals surface area contributed by atoms with Crippen LogP contribution in [0.2, 0.25) is 0 Å². The van der Waals surface area contributed by atoms with Gasteiger partial charge in [-0.15, -0.1) is 0 Å². The van der Waals surface area contributed by atoms with Crippen LogP contribution in [-0.2, 0) is 6.42 Å². The lowest BCUT2D eigenvalue weighted by Gasteiger charge is -2.06. The Bertz CT molecular complexity index is 626. The molecule has 0 aliphatic carbocycles. The molecule has 9 heteroatoms.